The van der Waals surface area contributed by atoms with Crippen molar-refractivity contribution in [1.82, 2.24) is 0 Å². The lowest BCUT2D eigenvalue weighted by atomic mass is 10.1. The molecule has 0 amide bonds. The molecule has 0 unspecified atom stereocenters. The van der Waals surface area contributed by atoms with Gasteiger partial charge in [0.1, 0.15) is 0 Å². The van der Waals surface area contributed by atoms with Crippen LogP contribution in [-0.2, 0) is 9.84 Å². The molecule has 2 aromatic carbocycles. The van der Waals surface area contributed by atoms with Crippen LogP contribution in [0.5, 0.6) is 0 Å². The van der Waals surface area contributed by atoms with Gasteiger partial charge >= 0.3 is 0 Å². The van der Waals surface area contributed by atoms with E-state index in [0.717, 1.165) is 5.69 Å². The van der Waals surface area contributed by atoms with Gasteiger partial charge in [-0.1, -0.05) is 35.9 Å². The maximum absolute atomic E-state index is 11.8. The lowest BCUT2D eigenvalue weighted by Crippen LogP contribution is -2.07. The summed E-state index contributed by atoms with van der Waals surface area (Å²) in [6.07, 6.45) is 1.20. The average molecular weight is 302 g/mol. The maximum Gasteiger partial charge on any atom is 0.176 e. The predicted octanol–water partition coefficient (Wildman–Crippen LogP) is 3.23. The zero-order valence-corrected chi connectivity index (χ0v) is 13.1. The highest BCUT2D eigenvalue weighted by Crippen LogP contribution is 2.17. The number of hydrazone groups is 1. The Hall–Kier alpha value is -2.14. The van der Waals surface area contributed by atoms with Crippen molar-refractivity contribution in [3.63, 3.8) is 0 Å². The van der Waals surface area contributed by atoms with Gasteiger partial charge in [0.2, 0.25) is 0 Å². The summed E-state index contributed by atoms with van der Waals surface area (Å²) in [6.45, 7) is 3.80. The Bertz CT molecular complexity index is 763. The molecule has 0 atom stereocenters. The van der Waals surface area contributed by atoms with Crippen molar-refractivity contribution in [3.05, 3.63) is 59.7 Å². The zero-order valence-electron chi connectivity index (χ0n) is 12.3. The van der Waals surface area contributed by atoms with Gasteiger partial charge in [-0.2, -0.15) is 5.10 Å². The molecule has 4 nitrogen and oxygen atoms in total. The molecule has 1 N–H and O–H groups in total. The third-order valence-corrected chi connectivity index (χ3v) is 4.24. The SMILES string of the molecule is C/C(=N\Nc1ccc(C)cc1)c1ccccc1S(C)(=O)=O. The van der Waals surface area contributed by atoms with Crippen molar-refractivity contribution in [2.24, 2.45) is 5.10 Å². The highest BCUT2D eigenvalue weighted by atomic mass is 32.2. The molecular formula is C16H18N2O2S. The molecule has 0 saturated carbocycles. The van der Waals surface area contributed by atoms with Crippen LogP contribution in [0.4, 0.5) is 5.69 Å². The minimum absolute atomic E-state index is 0.289. The Kier molecular flexibility index (Phi) is 4.43. The largest absolute Gasteiger partial charge is 0.278 e. The van der Waals surface area contributed by atoms with Gasteiger partial charge in [0.05, 0.1) is 16.3 Å². The first-order valence-electron chi connectivity index (χ1n) is 6.54. The molecule has 2 aromatic rings. The number of nitrogens with zero attached hydrogens (tertiary/aromatic N) is 1. The van der Waals surface area contributed by atoms with E-state index < -0.39 is 9.84 Å². The molecule has 0 aliphatic heterocycles. The van der Waals surface area contributed by atoms with E-state index in [4.69, 9.17) is 0 Å². The van der Waals surface area contributed by atoms with Gasteiger partial charge in [0, 0.05) is 11.8 Å². The fraction of sp³-hybridized carbons (Fsp3) is 0.188. The summed E-state index contributed by atoms with van der Waals surface area (Å²) in [5.74, 6) is 0. The Labute approximate surface area is 125 Å². The first-order valence-corrected chi connectivity index (χ1v) is 8.43. The summed E-state index contributed by atoms with van der Waals surface area (Å²) in [4.78, 5) is 0.289. The number of benzene rings is 2. The fourth-order valence-corrected chi connectivity index (χ4v) is 2.87. The zero-order chi connectivity index (χ0) is 15.5. The standard InChI is InChI=1S/C16H18N2O2S/c1-12-8-10-14(11-9-12)18-17-13(2)15-6-4-5-7-16(15)21(3,19)20/h4-11,18H,1-3H3/b17-13+. The highest BCUT2D eigenvalue weighted by Gasteiger charge is 2.14. The normalized spacial score (nSPS) is 12.2. The quantitative estimate of drug-likeness (QED) is 0.697. The van der Waals surface area contributed by atoms with E-state index >= 15 is 0 Å². The van der Waals surface area contributed by atoms with Crippen molar-refractivity contribution < 1.29 is 8.42 Å². The van der Waals surface area contributed by atoms with Crippen LogP contribution in [0.25, 0.3) is 0 Å². The summed E-state index contributed by atoms with van der Waals surface area (Å²) >= 11 is 0. The maximum atomic E-state index is 11.8. The Morgan fingerprint density at radius 2 is 1.67 bits per heavy atom. The van der Waals surface area contributed by atoms with E-state index in [9.17, 15) is 8.42 Å². The van der Waals surface area contributed by atoms with Crippen LogP contribution in [0.3, 0.4) is 0 Å². The van der Waals surface area contributed by atoms with Gasteiger partial charge in [-0.15, -0.1) is 0 Å². The monoisotopic (exact) mass is 302 g/mol. The van der Waals surface area contributed by atoms with Crippen LogP contribution in [0, 0.1) is 6.92 Å². The topological polar surface area (TPSA) is 58.5 Å². The van der Waals surface area contributed by atoms with E-state index in [2.05, 4.69) is 10.5 Å². The molecule has 0 fully saturated rings. The van der Waals surface area contributed by atoms with Gasteiger partial charge in [-0.3, -0.25) is 5.43 Å². The fourth-order valence-electron chi connectivity index (χ4n) is 1.93. The van der Waals surface area contributed by atoms with Crippen LogP contribution in [0.2, 0.25) is 0 Å². The number of anilines is 1. The number of hydrogen-bond donors (Lipinski definition) is 1. The number of hydrogen-bond acceptors (Lipinski definition) is 4. The van der Waals surface area contributed by atoms with Crippen LogP contribution < -0.4 is 5.43 Å². The molecule has 0 aromatic heterocycles. The van der Waals surface area contributed by atoms with Crippen molar-refractivity contribution >= 4 is 21.2 Å². The second kappa shape index (κ2) is 6.10. The lowest BCUT2D eigenvalue weighted by Gasteiger charge is -2.08. The van der Waals surface area contributed by atoms with Crippen LogP contribution in [0.1, 0.15) is 18.1 Å². The lowest BCUT2D eigenvalue weighted by molar-refractivity contribution is 0.601. The molecule has 0 spiro atoms. The van der Waals surface area contributed by atoms with E-state index in [-0.39, 0.29) is 4.90 Å². The Morgan fingerprint density at radius 1 is 1.05 bits per heavy atom. The second-order valence-corrected chi connectivity index (χ2v) is 6.93. The summed E-state index contributed by atoms with van der Waals surface area (Å²) in [7, 11) is -3.28. The minimum Gasteiger partial charge on any atom is -0.278 e. The number of aryl methyl sites for hydroxylation is 1. The average Bonchev–Trinajstić information content (AvgIpc) is 2.45. The van der Waals surface area contributed by atoms with E-state index in [0.29, 0.717) is 11.3 Å². The molecular weight excluding hydrogens is 284 g/mol. The molecule has 0 aliphatic carbocycles. The third kappa shape index (κ3) is 3.92. The molecule has 0 radical (unpaired) electrons. The van der Waals surface area contributed by atoms with Gasteiger partial charge in [-0.05, 0) is 32.0 Å². The summed E-state index contributed by atoms with van der Waals surface area (Å²) in [5, 5.41) is 4.27. The van der Waals surface area contributed by atoms with Crippen molar-refractivity contribution in [1.29, 1.82) is 0 Å². The number of sulfone groups is 1. The highest BCUT2D eigenvalue weighted by molar-refractivity contribution is 7.90. The van der Waals surface area contributed by atoms with Crippen LogP contribution in [-0.4, -0.2) is 20.4 Å². The van der Waals surface area contributed by atoms with Crippen LogP contribution in [0.15, 0.2) is 58.5 Å². The van der Waals surface area contributed by atoms with Crippen molar-refractivity contribution in [2.45, 2.75) is 18.7 Å². The van der Waals surface area contributed by atoms with Gasteiger partial charge in [0.25, 0.3) is 0 Å². The summed E-state index contributed by atoms with van der Waals surface area (Å²) < 4.78 is 23.6. The van der Waals surface area contributed by atoms with Crippen molar-refractivity contribution in [3.8, 4) is 0 Å². The van der Waals surface area contributed by atoms with Crippen molar-refractivity contribution in [2.75, 3.05) is 11.7 Å². The molecule has 0 aliphatic rings. The van der Waals surface area contributed by atoms with Gasteiger partial charge in [-0.25, -0.2) is 8.42 Å². The van der Waals surface area contributed by atoms with E-state index in [1.54, 1.807) is 31.2 Å². The molecule has 0 saturated heterocycles. The smallest absolute Gasteiger partial charge is 0.176 e. The molecule has 21 heavy (non-hydrogen) atoms. The Morgan fingerprint density at radius 3 is 2.29 bits per heavy atom. The molecule has 110 valence electrons. The molecule has 2 rings (SSSR count). The number of rotatable bonds is 4. The molecule has 0 heterocycles. The first kappa shape index (κ1) is 15.3. The van der Waals surface area contributed by atoms with E-state index in [1.165, 1.54) is 11.8 Å². The minimum atomic E-state index is -3.28. The number of nitrogens with one attached hydrogen (secondary N) is 1. The third-order valence-electron chi connectivity index (χ3n) is 3.08. The molecule has 5 heteroatoms. The first-order chi connectivity index (χ1) is 9.88. The molecule has 0 bridgehead atoms. The van der Waals surface area contributed by atoms with Gasteiger partial charge in [0.15, 0.2) is 9.84 Å². The predicted molar refractivity (Wildman–Crippen MR) is 86.6 cm³/mol. The van der Waals surface area contributed by atoms with E-state index in [1.807, 2.05) is 31.2 Å². The second-order valence-electron chi connectivity index (χ2n) is 4.94. The van der Waals surface area contributed by atoms with Crippen LogP contribution >= 0.6 is 0 Å². The Balaban J connectivity index is 2.30. The summed E-state index contributed by atoms with van der Waals surface area (Å²) in [6, 6.07) is 14.7. The summed E-state index contributed by atoms with van der Waals surface area (Å²) in [5.41, 5.74) is 6.20. The van der Waals surface area contributed by atoms with Gasteiger partial charge < -0.3 is 0 Å².